The second-order valence-corrected chi connectivity index (χ2v) is 16.6. The highest BCUT2D eigenvalue weighted by atomic mass is 31.2. The minimum absolute atomic E-state index is 0.0597. The van der Waals surface area contributed by atoms with Gasteiger partial charge in [-0.1, -0.05) is 180 Å². The Balaban J connectivity index is 4.16. The van der Waals surface area contributed by atoms with Crippen molar-refractivity contribution in [3.63, 3.8) is 0 Å². The van der Waals surface area contributed by atoms with Crippen molar-refractivity contribution in [1.29, 1.82) is 0 Å². The van der Waals surface area contributed by atoms with Crippen molar-refractivity contribution < 1.29 is 33.5 Å². The van der Waals surface area contributed by atoms with Crippen LogP contribution in [0, 0.1) is 0 Å². The molecule has 0 spiro atoms. The number of carbonyl (C=O) groups is 1. The quantitative estimate of drug-likeness (QED) is 0.0235. The number of unbranched alkanes of at least 4 members (excludes halogenated alkanes) is 25. The third-order valence-electron chi connectivity index (χ3n) is 9.92. The van der Waals surface area contributed by atoms with Gasteiger partial charge in [0.05, 0.1) is 37.9 Å². The molecule has 0 saturated heterocycles. The first-order chi connectivity index (χ1) is 25.3. The number of carbonyl (C=O) groups excluding carboxylic acids is 1. The molecule has 0 fully saturated rings. The van der Waals surface area contributed by atoms with Crippen LogP contribution in [0.5, 0.6) is 0 Å². The Morgan fingerprint density at radius 1 is 0.635 bits per heavy atom. The number of allylic oxidation sites excluding steroid dienone is 2. The van der Waals surface area contributed by atoms with E-state index in [1.54, 1.807) is 0 Å². The zero-order chi connectivity index (χ0) is 38.4. The standard InChI is InChI=1S/C42H85N2O7P/c1-3-5-7-9-11-13-15-16-17-18-19-20-21-22-23-24-25-27-29-31-33-39(45)37-42(47)44-40(38-51-52(48,49)50-36-35-43)41(46)34-32-30-28-26-14-12-10-8-6-4-2/h21-22,39-41,45-46H,3-20,23-38,43H2,1-2H3,(H,44,47)(H,48,49)/b22-21-. The summed E-state index contributed by atoms with van der Waals surface area (Å²) in [7, 11) is -4.37. The number of hydrogen-bond donors (Lipinski definition) is 5. The fourth-order valence-corrected chi connectivity index (χ4v) is 7.35. The number of nitrogens with two attached hydrogens (primary N) is 1. The maximum atomic E-state index is 12.8. The molecule has 52 heavy (non-hydrogen) atoms. The highest BCUT2D eigenvalue weighted by Gasteiger charge is 2.28. The predicted octanol–water partition coefficient (Wildman–Crippen LogP) is 11.0. The average Bonchev–Trinajstić information content (AvgIpc) is 3.12. The van der Waals surface area contributed by atoms with Crippen molar-refractivity contribution in [2.45, 2.75) is 231 Å². The van der Waals surface area contributed by atoms with Crippen LogP contribution in [0.25, 0.3) is 0 Å². The number of hydrogen-bond acceptors (Lipinski definition) is 7. The molecule has 310 valence electrons. The molecule has 4 unspecified atom stereocenters. The Hall–Kier alpha value is -0.800. The van der Waals surface area contributed by atoms with Crippen LogP contribution in [0.1, 0.15) is 213 Å². The number of phosphoric acid groups is 1. The first-order valence-electron chi connectivity index (χ1n) is 21.9. The monoisotopic (exact) mass is 761 g/mol. The summed E-state index contributed by atoms with van der Waals surface area (Å²) in [5.74, 6) is -0.418. The van der Waals surface area contributed by atoms with Gasteiger partial charge in [-0.25, -0.2) is 4.57 Å². The molecule has 0 rings (SSSR count). The Bertz CT molecular complexity index is 847. The van der Waals surface area contributed by atoms with Crippen molar-refractivity contribution in [2.24, 2.45) is 5.73 Å². The zero-order valence-corrected chi connectivity index (χ0v) is 34.8. The number of aliphatic hydroxyl groups is 2. The van der Waals surface area contributed by atoms with E-state index in [1.807, 2.05) is 0 Å². The average molecular weight is 761 g/mol. The number of aliphatic hydroxyl groups excluding tert-OH is 2. The zero-order valence-electron chi connectivity index (χ0n) is 33.9. The van der Waals surface area contributed by atoms with Gasteiger partial charge in [-0.15, -0.1) is 0 Å². The number of amides is 1. The summed E-state index contributed by atoms with van der Waals surface area (Å²) in [6.07, 6.45) is 38.4. The topological polar surface area (TPSA) is 151 Å². The normalized spacial score (nSPS) is 14.8. The van der Waals surface area contributed by atoms with Crippen LogP contribution in [0.3, 0.4) is 0 Å². The van der Waals surface area contributed by atoms with Gasteiger partial charge in [0, 0.05) is 6.54 Å². The molecular weight excluding hydrogens is 675 g/mol. The molecule has 9 nitrogen and oxygen atoms in total. The summed E-state index contributed by atoms with van der Waals surface area (Å²) in [6.45, 7) is 4.03. The van der Waals surface area contributed by atoms with Crippen LogP contribution >= 0.6 is 7.82 Å². The van der Waals surface area contributed by atoms with Gasteiger partial charge >= 0.3 is 7.82 Å². The molecule has 0 aliphatic rings. The fraction of sp³-hybridized carbons (Fsp3) is 0.929. The number of rotatable bonds is 41. The first kappa shape index (κ1) is 51.2. The Morgan fingerprint density at radius 3 is 1.48 bits per heavy atom. The summed E-state index contributed by atoms with van der Waals surface area (Å²) in [6, 6.07) is -0.894. The van der Waals surface area contributed by atoms with Crippen LogP contribution in [-0.4, -0.2) is 59.0 Å². The van der Waals surface area contributed by atoms with E-state index >= 15 is 0 Å². The van der Waals surface area contributed by atoms with Crippen molar-refractivity contribution in [1.82, 2.24) is 5.32 Å². The maximum absolute atomic E-state index is 12.8. The van der Waals surface area contributed by atoms with E-state index in [-0.39, 0.29) is 26.2 Å². The summed E-state index contributed by atoms with van der Waals surface area (Å²) in [4.78, 5) is 22.7. The molecule has 0 aromatic carbocycles. The van der Waals surface area contributed by atoms with Gasteiger partial charge in [-0.05, 0) is 38.5 Å². The van der Waals surface area contributed by atoms with E-state index in [0.717, 1.165) is 44.9 Å². The molecule has 0 bridgehead atoms. The van der Waals surface area contributed by atoms with Crippen molar-refractivity contribution >= 4 is 13.7 Å². The Kier molecular flexibility index (Phi) is 37.9. The van der Waals surface area contributed by atoms with Gasteiger partial charge in [0.15, 0.2) is 0 Å². The van der Waals surface area contributed by atoms with Crippen LogP contribution in [0.15, 0.2) is 12.2 Å². The summed E-state index contributed by atoms with van der Waals surface area (Å²) < 4.78 is 22.1. The largest absolute Gasteiger partial charge is 0.472 e. The first-order valence-corrected chi connectivity index (χ1v) is 23.4. The third-order valence-corrected chi connectivity index (χ3v) is 10.9. The second kappa shape index (κ2) is 38.5. The Morgan fingerprint density at radius 2 is 1.04 bits per heavy atom. The van der Waals surface area contributed by atoms with E-state index in [0.29, 0.717) is 12.8 Å². The van der Waals surface area contributed by atoms with Crippen molar-refractivity contribution in [2.75, 3.05) is 19.8 Å². The second-order valence-electron chi connectivity index (χ2n) is 15.1. The van der Waals surface area contributed by atoms with E-state index in [9.17, 15) is 24.5 Å². The molecular formula is C42H85N2O7P. The molecule has 0 aromatic rings. The lowest BCUT2D eigenvalue weighted by Gasteiger charge is -2.25. The van der Waals surface area contributed by atoms with Gasteiger partial charge in [-0.3, -0.25) is 13.8 Å². The molecule has 0 heterocycles. The Labute approximate surface area is 320 Å². The minimum atomic E-state index is -4.37. The molecule has 4 atom stereocenters. The lowest BCUT2D eigenvalue weighted by Crippen LogP contribution is -2.47. The van der Waals surface area contributed by atoms with Gasteiger partial charge in [0.2, 0.25) is 5.91 Å². The van der Waals surface area contributed by atoms with E-state index < -0.39 is 32.0 Å². The maximum Gasteiger partial charge on any atom is 0.472 e. The molecule has 1 amide bonds. The number of phosphoric ester groups is 1. The van der Waals surface area contributed by atoms with Crippen LogP contribution < -0.4 is 11.1 Å². The van der Waals surface area contributed by atoms with Crippen LogP contribution in [-0.2, 0) is 18.4 Å². The van der Waals surface area contributed by atoms with E-state index in [2.05, 4.69) is 31.3 Å². The number of nitrogens with one attached hydrogen (secondary N) is 1. The fourth-order valence-electron chi connectivity index (χ4n) is 6.59. The van der Waals surface area contributed by atoms with Crippen molar-refractivity contribution in [3.8, 4) is 0 Å². The summed E-state index contributed by atoms with van der Waals surface area (Å²) >= 11 is 0. The summed E-state index contributed by atoms with van der Waals surface area (Å²) in [5, 5.41) is 24.1. The van der Waals surface area contributed by atoms with Crippen LogP contribution in [0.2, 0.25) is 0 Å². The highest BCUT2D eigenvalue weighted by Crippen LogP contribution is 2.43. The minimum Gasteiger partial charge on any atom is -0.393 e. The molecule has 0 aliphatic carbocycles. The SMILES string of the molecule is CCCCCCCCCCCCC/C=C\CCCCCCCC(O)CC(=O)NC(COP(=O)(O)OCCN)C(O)CCCCCCCCCCCC. The molecule has 0 aliphatic heterocycles. The van der Waals surface area contributed by atoms with Gasteiger partial charge < -0.3 is 26.2 Å². The highest BCUT2D eigenvalue weighted by molar-refractivity contribution is 7.47. The van der Waals surface area contributed by atoms with Gasteiger partial charge in [0.25, 0.3) is 0 Å². The molecule has 0 aromatic heterocycles. The third kappa shape index (κ3) is 36.2. The predicted molar refractivity (Wildman–Crippen MR) is 218 cm³/mol. The van der Waals surface area contributed by atoms with Crippen molar-refractivity contribution in [3.05, 3.63) is 12.2 Å². The van der Waals surface area contributed by atoms with Gasteiger partial charge in [0.1, 0.15) is 0 Å². The molecule has 6 N–H and O–H groups in total. The van der Waals surface area contributed by atoms with E-state index in [1.165, 1.54) is 135 Å². The smallest absolute Gasteiger partial charge is 0.393 e. The molecule has 10 heteroatoms. The molecule has 0 radical (unpaired) electrons. The van der Waals surface area contributed by atoms with Gasteiger partial charge in [-0.2, -0.15) is 0 Å². The summed E-state index contributed by atoms with van der Waals surface area (Å²) in [5.41, 5.74) is 5.36. The van der Waals surface area contributed by atoms with Crippen LogP contribution in [0.4, 0.5) is 0 Å². The lowest BCUT2D eigenvalue weighted by molar-refractivity contribution is -0.125. The van der Waals surface area contributed by atoms with E-state index in [4.69, 9.17) is 14.8 Å². The lowest BCUT2D eigenvalue weighted by atomic mass is 10.0. The molecule has 0 saturated carbocycles.